The molecule has 0 saturated carbocycles. The second-order valence-corrected chi connectivity index (χ2v) is 8.51. The molecule has 1 aromatic rings. The zero-order chi connectivity index (χ0) is 14.0. The fraction of sp³-hybridized carbons (Fsp3) is 0.667. The van der Waals surface area contributed by atoms with Gasteiger partial charge in [0.15, 0.2) is 0 Å². The summed E-state index contributed by atoms with van der Waals surface area (Å²) in [4.78, 5) is 2.62. The molecule has 18 heavy (non-hydrogen) atoms. The summed E-state index contributed by atoms with van der Waals surface area (Å²) >= 11 is 1.79. The molecule has 0 atom stereocenters. The van der Waals surface area contributed by atoms with E-state index in [1.807, 2.05) is 13.8 Å². The minimum atomic E-state index is -3.17. The third-order valence-corrected chi connectivity index (χ3v) is 4.42. The Hall–Kier alpha value is -0.430. The summed E-state index contributed by atoms with van der Waals surface area (Å²) in [6, 6.07) is 2.17. The second-order valence-electron chi connectivity index (χ2n) is 5.30. The molecular weight excluding hydrogens is 268 g/mol. The Labute approximate surface area is 114 Å². The van der Waals surface area contributed by atoms with Gasteiger partial charge in [-0.25, -0.2) is 13.1 Å². The van der Waals surface area contributed by atoms with Crippen molar-refractivity contribution in [3.05, 3.63) is 21.4 Å². The van der Waals surface area contributed by atoms with Crippen molar-refractivity contribution in [1.29, 1.82) is 0 Å². The summed E-state index contributed by atoms with van der Waals surface area (Å²) in [5.41, 5.74) is 0.805. The molecule has 104 valence electrons. The first-order valence-corrected chi connectivity index (χ1v) is 8.55. The van der Waals surface area contributed by atoms with Crippen LogP contribution in [0.1, 0.15) is 29.2 Å². The van der Waals surface area contributed by atoms with E-state index in [0.29, 0.717) is 6.54 Å². The summed E-state index contributed by atoms with van der Waals surface area (Å²) in [5, 5.41) is 3.30. The average Bonchev–Trinajstić information content (AvgIpc) is 2.40. The largest absolute Gasteiger partial charge is 0.311 e. The SMILES string of the molecule is Cc1cc(CNCC(C)(C)NS(C)(=O)=O)c(C)s1. The number of hydrogen-bond acceptors (Lipinski definition) is 4. The second kappa shape index (κ2) is 5.69. The van der Waals surface area contributed by atoms with E-state index in [2.05, 4.69) is 30.0 Å². The van der Waals surface area contributed by atoms with Crippen LogP contribution in [0.2, 0.25) is 0 Å². The van der Waals surface area contributed by atoms with Gasteiger partial charge in [-0.15, -0.1) is 11.3 Å². The van der Waals surface area contributed by atoms with Gasteiger partial charge in [-0.1, -0.05) is 0 Å². The highest BCUT2D eigenvalue weighted by atomic mass is 32.2. The summed E-state index contributed by atoms with van der Waals surface area (Å²) in [6.45, 7) is 9.30. The van der Waals surface area contributed by atoms with Gasteiger partial charge in [0, 0.05) is 28.4 Å². The van der Waals surface area contributed by atoms with Crippen LogP contribution in [0.25, 0.3) is 0 Å². The van der Waals surface area contributed by atoms with Crippen molar-refractivity contribution in [2.24, 2.45) is 0 Å². The number of hydrogen-bond donors (Lipinski definition) is 2. The third-order valence-electron chi connectivity index (χ3n) is 2.49. The van der Waals surface area contributed by atoms with Crippen LogP contribution in [0.5, 0.6) is 0 Å². The van der Waals surface area contributed by atoms with Gasteiger partial charge in [0.25, 0.3) is 0 Å². The molecule has 0 unspecified atom stereocenters. The van der Waals surface area contributed by atoms with E-state index >= 15 is 0 Å². The summed E-state index contributed by atoms with van der Waals surface area (Å²) in [7, 11) is -3.17. The van der Waals surface area contributed by atoms with Gasteiger partial charge in [-0.05, 0) is 39.3 Å². The van der Waals surface area contributed by atoms with Crippen molar-refractivity contribution >= 4 is 21.4 Å². The van der Waals surface area contributed by atoms with E-state index in [1.165, 1.54) is 21.6 Å². The zero-order valence-corrected chi connectivity index (χ0v) is 13.3. The molecule has 0 saturated heterocycles. The van der Waals surface area contributed by atoms with E-state index in [-0.39, 0.29) is 0 Å². The molecule has 4 nitrogen and oxygen atoms in total. The zero-order valence-electron chi connectivity index (χ0n) is 11.6. The van der Waals surface area contributed by atoms with E-state index in [9.17, 15) is 8.42 Å². The maximum absolute atomic E-state index is 11.2. The van der Waals surface area contributed by atoms with Gasteiger partial charge in [0.2, 0.25) is 10.0 Å². The standard InChI is InChI=1S/C12H22N2O2S2/c1-9-6-11(10(2)17-9)7-13-8-12(3,4)14-18(5,15)16/h6,13-14H,7-8H2,1-5H3. The topological polar surface area (TPSA) is 58.2 Å². The minimum Gasteiger partial charge on any atom is -0.311 e. The van der Waals surface area contributed by atoms with Gasteiger partial charge in [-0.3, -0.25) is 0 Å². The highest BCUT2D eigenvalue weighted by Gasteiger charge is 2.21. The molecule has 6 heteroatoms. The van der Waals surface area contributed by atoms with Gasteiger partial charge >= 0.3 is 0 Å². The minimum absolute atomic E-state index is 0.480. The van der Waals surface area contributed by atoms with Crippen molar-refractivity contribution in [3.8, 4) is 0 Å². The van der Waals surface area contributed by atoms with Crippen molar-refractivity contribution in [2.75, 3.05) is 12.8 Å². The maximum Gasteiger partial charge on any atom is 0.209 e. The maximum atomic E-state index is 11.2. The lowest BCUT2D eigenvalue weighted by molar-refractivity contribution is 0.421. The number of sulfonamides is 1. The Morgan fingerprint density at radius 2 is 1.94 bits per heavy atom. The first kappa shape index (κ1) is 15.6. The van der Waals surface area contributed by atoms with Gasteiger partial charge in [0.1, 0.15) is 0 Å². The third kappa shape index (κ3) is 5.48. The van der Waals surface area contributed by atoms with Gasteiger partial charge < -0.3 is 5.32 Å². The molecule has 0 radical (unpaired) electrons. The predicted octanol–water partition coefficient (Wildman–Crippen LogP) is 1.78. The van der Waals surface area contributed by atoms with Crippen molar-refractivity contribution < 1.29 is 8.42 Å². The number of rotatable bonds is 6. The molecule has 0 bridgehead atoms. The molecule has 0 aliphatic rings. The molecular formula is C12H22N2O2S2. The Balaban J connectivity index is 2.49. The smallest absolute Gasteiger partial charge is 0.209 e. The van der Waals surface area contributed by atoms with Crippen molar-refractivity contribution in [2.45, 2.75) is 39.8 Å². The molecule has 1 rings (SSSR count). The van der Waals surface area contributed by atoms with Crippen LogP contribution in [-0.2, 0) is 16.6 Å². The van der Waals surface area contributed by atoms with E-state index in [0.717, 1.165) is 6.54 Å². The summed E-state index contributed by atoms with van der Waals surface area (Å²) < 4.78 is 25.0. The highest BCUT2D eigenvalue weighted by Crippen LogP contribution is 2.20. The Morgan fingerprint density at radius 3 is 2.39 bits per heavy atom. The summed E-state index contributed by atoms with van der Waals surface area (Å²) in [5.74, 6) is 0. The Morgan fingerprint density at radius 1 is 1.33 bits per heavy atom. The molecule has 0 amide bonds. The predicted molar refractivity (Wildman–Crippen MR) is 77.6 cm³/mol. The van der Waals surface area contributed by atoms with Crippen LogP contribution in [-0.4, -0.2) is 26.8 Å². The van der Waals surface area contributed by atoms with Crippen LogP contribution in [0, 0.1) is 13.8 Å². The lowest BCUT2D eigenvalue weighted by Crippen LogP contribution is -2.49. The lowest BCUT2D eigenvalue weighted by Gasteiger charge is -2.25. The Bertz CT molecular complexity index is 504. The molecule has 1 heterocycles. The quantitative estimate of drug-likeness (QED) is 0.839. The van der Waals surface area contributed by atoms with E-state index < -0.39 is 15.6 Å². The van der Waals surface area contributed by atoms with E-state index in [1.54, 1.807) is 11.3 Å². The van der Waals surface area contributed by atoms with Crippen LogP contribution < -0.4 is 10.0 Å². The lowest BCUT2D eigenvalue weighted by atomic mass is 10.1. The Kier molecular flexibility index (Phi) is 4.94. The first-order chi connectivity index (χ1) is 8.09. The fourth-order valence-electron chi connectivity index (χ4n) is 1.91. The molecule has 0 aromatic carbocycles. The number of thiophene rings is 1. The van der Waals surface area contributed by atoms with E-state index in [4.69, 9.17) is 0 Å². The van der Waals surface area contributed by atoms with Crippen LogP contribution >= 0.6 is 11.3 Å². The van der Waals surface area contributed by atoms with Crippen LogP contribution in [0.15, 0.2) is 6.07 Å². The first-order valence-electron chi connectivity index (χ1n) is 5.85. The highest BCUT2D eigenvalue weighted by molar-refractivity contribution is 7.88. The van der Waals surface area contributed by atoms with Gasteiger partial charge in [-0.2, -0.15) is 0 Å². The van der Waals surface area contributed by atoms with Crippen molar-refractivity contribution in [3.63, 3.8) is 0 Å². The van der Waals surface area contributed by atoms with Gasteiger partial charge in [0.05, 0.1) is 6.26 Å². The monoisotopic (exact) mass is 290 g/mol. The summed E-state index contributed by atoms with van der Waals surface area (Å²) in [6.07, 6.45) is 1.18. The number of aryl methyl sites for hydroxylation is 2. The normalized spacial score (nSPS) is 12.9. The molecule has 0 spiro atoms. The number of nitrogens with one attached hydrogen (secondary N) is 2. The molecule has 2 N–H and O–H groups in total. The molecule has 0 aliphatic carbocycles. The van der Waals surface area contributed by atoms with Crippen LogP contribution in [0.4, 0.5) is 0 Å². The molecule has 0 fully saturated rings. The molecule has 1 aromatic heterocycles. The van der Waals surface area contributed by atoms with Crippen molar-refractivity contribution in [1.82, 2.24) is 10.0 Å². The average molecular weight is 290 g/mol. The van der Waals surface area contributed by atoms with Crippen LogP contribution in [0.3, 0.4) is 0 Å². The molecule has 0 aliphatic heterocycles. The fourth-order valence-corrected chi connectivity index (χ4v) is 3.93.